The molecule has 0 saturated carbocycles. The Hall–Kier alpha value is -4.25. The molecule has 3 aromatic carbocycles. The number of hydrogen-bond donors (Lipinski definition) is 1. The SMILES string of the molecule is O=C(Nc1ccccc1-c1cccc(C(F)(F)F)c1)c1csc(C2CCN(C(=O)COc3ccc(F)cc3)CC2)n1. The van der Waals surface area contributed by atoms with Gasteiger partial charge < -0.3 is 15.0 Å². The lowest BCUT2D eigenvalue weighted by molar-refractivity contribution is -0.137. The highest BCUT2D eigenvalue weighted by molar-refractivity contribution is 7.10. The number of piperidine rings is 1. The van der Waals surface area contributed by atoms with Crippen molar-refractivity contribution in [3.05, 3.63) is 100 Å². The number of amides is 2. The van der Waals surface area contributed by atoms with Crippen LogP contribution in [0.1, 0.15) is 39.8 Å². The third-order valence-electron chi connectivity index (χ3n) is 6.80. The van der Waals surface area contributed by atoms with Gasteiger partial charge in [-0.2, -0.15) is 13.2 Å². The number of carbonyl (C=O) groups excluding carboxylic acids is 2. The summed E-state index contributed by atoms with van der Waals surface area (Å²) >= 11 is 1.36. The minimum absolute atomic E-state index is 0.0843. The lowest BCUT2D eigenvalue weighted by atomic mass is 9.97. The molecule has 2 amide bonds. The highest BCUT2D eigenvalue weighted by atomic mass is 32.1. The number of anilines is 1. The summed E-state index contributed by atoms with van der Waals surface area (Å²) in [6, 6.07) is 17.1. The van der Waals surface area contributed by atoms with E-state index in [1.165, 1.54) is 41.7 Å². The van der Waals surface area contributed by atoms with E-state index in [2.05, 4.69) is 10.3 Å². The number of rotatable bonds is 7. The van der Waals surface area contributed by atoms with Gasteiger partial charge in [0.15, 0.2) is 6.61 Å². The monoisotopic (exact) mass is 583 g/mol. The van der Waals surface area contributed by atoms with Crippen molar-refractivity contribution in [3.63, 3.8) is 0 Å². The zero-order chi connectivity index (χ0) is 29.0. The number of para-hydroxylation sites is 1. The zero-order valence-electron chi connectivity index (χ0n) is 21.7. The van der Waals surface area contributed by atoms with Gasteiger partial charge in [0.1, 0.15) is 17.3 Å². The Morgan fingerprint density at radius 1 is 1.00 bits per heavy atom. The number of benzene rings is 3. The van der Waals surface area contributed by atoms with Crippen LogP contribution in [0.3, 0.4) is 0 Å². The quantitative estimate of drug-likeness (QED) is 0.238. The summed E-state index contributed by atoms with van der Waals surface area (Å²) in [6.07, 6.45) is -3.13. The van der Waals surface area contributed by atoms with E-state index < -0.39 is 17.6 Å². The van der Waals surface area contributed by atoms with Crippen LogP contribution in [-0.4, -0.2) is 41.4 Å². The molecule has 0 radical (unpaired) electrons. The minimum atomic E-state index is -4.48. The molecule has 0 spiro atoms. The van der Waals surface area contributed by atoms with E-state index in [0.717, 1.165) is 17.1 Å². The van der Waals surface area contributed by atoms with Crippen LogP contribution in [0.4, 0.5) is 23.2 Å². The number of hydrogen-bond acceptors (Lipinski definition) is 5. The molecule has 1 fully saturated rings. The van der Waals surface area contributed by atoms with Crippen molar-refractivity contribution in [1.29, 1.82) is 0 Å². The number of ether oxygens (including phenoxy) is 1. The highest BCUT2D eigenvalue weighted by Gasteiger charge is 2.31. The van der Waals surface area contributed by atoms with Gasteiger partial charge >= 0.3 is 6.18 Å². The summed E-state index contributed by atoms with van der Waals surface area (Å²) in [5.74, 6) is -0.501. The molecule has 11 heteroatoms. The van der Waals surface area contributed by atoms with Crippen molar-refractivity contribution in [3.8, 4) is 16.9 Å². The zero-order valence-corrected chi connectivity index (χ0v) is 22.5. The Morgan fingerprint density at radius 3 is 2.46 bits per heavy atom. The summed E-state index contributed by atoms with van der Waals surface area (Å²) in [5.41, 5.74) is 0.617. The Morgan fingerprint density at radius 2 is 1.73 bits per heavy atom. The lowest BCUT2D eigenvalue weighted by Gasteiger charge is -2.31. The maximum atomic E-state index is 13.2. The fourth-order valence-electron chi connectivity index (χ4n) is 4.62. The first-order valence-corrected chi connectivity index (χ1v) is 13.7. The van der Waals surface area contributed by atoms with Crippen LogP contribution in [0.5, 0.6) is 5.75 Å². The van der Waals surface area contributed by atoms with E-state index in [1.807, 2.05) is 0 Å². The molecule has 2 heterocycles. The first-order chi connectivity index (χ1) is 19.7. The maximum Gasteiger partial charge on any atom is 0.416 e. The second kappa shape index (κ2) is 12.1. The van der Waals surface area contributed by atoms with Crippen LogP contribution in [0.2, 0.25) is 0 Å². The Kier molecular flexibility index (Phi) is 8.34. The summed E-state index contributed by atoms with van der Waals surface area (Å²) in [5, 5.41) is 5.24. The van der Waals surface area contributed by atoms with Gasteiger partial charge in [-0.3, -0.25) is 9.59 Å². The molecule has 1 aliphatic rings. The molecular formula is C30H25F4N3O3S. The lowest BCUT2D eigenvalue weighted by Crippen LogP contribution is -2.40. The van der Waals surface area contributed by atoms with E-state index in [0.29, 0.717) is 48.5 Å². The van der Waals surface area contributed by atoms with Crippen molar-refractivity contribution in [2.75, 3.05) is 25.0 Å². The average molecular weight is 584 g/mol. The number of thiazole rings is 1. The van der Waals surface area contributed by atoms with Crippen molar-refractivity contribution in [2.45, 2.75) is 24.9 Å². The highest BCUT2D eigenvalue weighted by Crippen LogP contribution is 2.35. The Balaban J connectivity index is 1.18. The first kappa shape index (κ1) is 28.3. The molecule has 5 rings (SSSR count). The van der Waals surface area contributed by atoms with E-state index in [1.54, 1.807) is 40.6 Å². The van der Waals surface area contributed by atoms with E-state index in [4.69, 9.17) is 4.74 Å². The van der Waals surface area contributed by atoms with Gasteiger partial charge in [-0.25, -0.2) is 9.37 Å². The fourth-order valence-corrected chi connectivity index (χ4v) is 5.59. The summed E-state index contributed by atoms with van der Waals surface area (Å²) in [7, 11) is 0. The van der Waals surface area contributed by atoms with Gasteiger partial charge in [-0.05, 0) is 60.9 Å². The van der Waals surface area contributed by atoms with Gasteiger partial charge in [-0.1, -0.05) is 30.3 Å². The smallest absolute Gasteiger partial charge is 0.416 e. The van der Waals surface area contributed by atoms with E-state index in [-0.39, 0.29) is 29.9 Å². The number of halogens is 4. The van der Waals surface area contributed by atoms with Gasteiger partial charge in [-0.15, -0.1) is 11.3 Å². The molecule has 0 aliphatic carbocycles. The molecule has 6 nitrogen and oxygen atoms in total. The van der Waals surface area contributed by atoms with Crippen molar-refractivity contribution >= 4 is 28.8 Å². The van der Waals surface area contributed by atoms with Crippen molar-refractivity contribution < 1.29 is 31.9 Å². The largest absolute Gasteiger partial charge is 0.484 e. The fraction of sp³-hybridized carbons (Fsp3) is 0.233. The van der Waals surface area contributed by atoms with Crippen LogP contribution >= 0.6 is 11.3 Å². The summed E-state index contributed by atoms with van der Waals surface area (Å²) in [4.78, 5) is 31.8. The molecular weight excluding hydrogens is 558 g/mol. The normalized spacial score (nSPS) is 14.1. The molecule has 0 atom stereocenters. The second-order valence-electron chi connectivity index (χ2n) is 9.55. The average Bonchev–Trinajstić information content (AvgIpc) is 3.47. The molecule has 1 N–H and O–H groups in total. The third kappa shape index (κ3) is 6.91. The van der Waals surface area contributed by atoms with Crippen molar-refractivity contribution in [1.82, 2.24) is 9.88 Å². The first-order valence-electron chi connectivity index (χ1n) is 12.9. The molecule has 41 heavy (non-hydrogen) atoms. The number of carbonyl (C=O) groups is 2. The Labute approximate surface area is 237 Å². The minimum Gasteiger partial charge on any atom is -0.484 e. The van der Waals surface area contributed by atoms with E-state index in [9.17, 15) is 27.2 Å². The topological polar surface area (TPSA) is 71.5 Å². The number of alkyl halides is 3. The van der Waals surface area contributed by atoms with E-state index >= 15 is 0 Å². The second-order valence-corrected chi connectivity index (χ2v) is 10.4. The molecule has 212 valence electrons. The molecule has 4 aromatic rings. The van der Waals surface area contributed by atoms with Crippen LogP contribution in [0.15, 0.2) is 78.2 Å². The molecule has 0 unspecified atom stereocenters. The molecule has 1 aromatic heterocycles. The number of aromatic nitrogens is 1. The molecule has 1 saturated heterocycles. The van der Waals surface area contributed by atoms with Crippen molar-refractivity contribution in [2.24, 2.45) is 0 Å². The summed E-state index contributed by atoms with van der Waals surface area (Å²) < 4.78 is 58.2. The number of nitrogens with one attached hydrogen (secondary N) is 1. The predicted molar refractivity (Wildman–Crippen MR) is 147 cm³/mol. The van der Waals surface area contributed by atoms with Crippen LogP contribution in [-0.2, 0) is 11.0 Å². The standard InChI is InChI=1S/C30H25F4N3O3S/c31-22-8-10-23(11-9-22)40-17-27(38)37-14-12-19(13-15-37)29-36-26(18-41-29)28(39)35-25-7-2-1-6-24(25)20-4-3-5-21(16-20)30(32,33)34/h1-11,16,18-19H,12-15,17H2,(H,35,39). The maximum absolute atomic E-state index is 13.2. The van der Waals surface area contributed by atoms with Gasteiger partial charge in [0.2, 0.25) is 0 Å². The number of nitrogens with zero attached hydrogens (tertiary/aromatic N) is 2. The van der Waals surface area contributed by atoms with Gasteiger partial charge in [0.25, 0.3) is 11.8 Å². The van der Waals surface area contributed by atoms with Crippen LogP contribution in [0, 0.1) is 5.82 Å². The van der Waals surface area contributed by atoms with Crippen LogP contribution in [0.25, 0.3) is 11.1 Å². The summed E-state index contributed by atoms with van der Waals surface area (Å²) in [6.45, 7) is 0.892. The molecule has 1 aliphatic heterocycles. The van der Waals surface area contributed by atoms with Gasteiger partial charge in [0, 0.05) is 35.6 Å². The molecule has 0 bridgehead atoms. The predicted octanol–water partition coefficient (Wildman–Crippen LogP) is 7.01. The third-order valence-corrected chi connectivity index (χ3v) is 7.81. The Bertz CT molecular complexity index is 1530. The van der Waals surface area contributed by atoms with Gasteiger partial charge in [0.05, 0.1) is 10.6 Å². The number of likely N-dealkylation sites (tertiary alicyclic amines) is 1. The van der Waals surface area contributed by atoms with Crippen LogP contribution < -0.4 is 10.1 Å².